The van der Waals surface area contributed by atoms with Crippen LogP contribution in [0.1, 0.15) is 39.3 Å². The van der Waals surface area contributed by atoms with Crippen molar-refractivity contribution >= 4 is 5.91 Å². The van der Waals surface area contributed by atoms with Crippen LogP contribution in [0.4, 0.5) is 4.39 Å². The Morgan fingerprint density at radius 2 is 1.86 bits per heavy atom. The molecule has 1 aliphatic rings. The number of nitrogens with one attached hydrogen (secondary N) is 1. The molecule has 3 nitrogen and oxygen atoms in total. The molecule has 0 radical (unpaired) electrons. The van der Waals surface area contributed by atoms with E-state index in [0.717, 1.165) is 12.1 Å². The molecule has 0 bridgehead atoms. The fraction of sp³-hybridized carbons (Fsp3) is 0.562. The number of halogens is 1. The Balaban J connectivity index is 0.00000220. The summed E-state index contributed by atoms with van der Waals surface area (Å²) < 4.78 is 13.0. The predicted octanol–water partition coefficient (Wildman–Crippen LogP) is 2.73. The molecule has 1 aromatic carbocycles. The summed E-state index contributed by atoms with van der Waals surface area (Å²) >= 11 is 0. The van der Waals surface area contributed by atoms with Gasteiger partial charge in [0.15, 0.2) is 0 Å². The molecular weight excluding hydrogens is 362 g/mol. The van der Waals surface area contributed by atoms with Crippen molar-refractivity contribution in [2.75, 3.05) is 13.1 Å². The van der Waals surface area contributed by atoms with Gasteiger partial charge >= 0.3 is 0 Å². The van der Waals surface area contributed by atoms with Crippen LogP contribution >= 0.6 is 0 Å². The van der Waals surface area contributed by atoms with Crippen molar-refractivity contribution in [3.05, 3.63) is 35.6 Å². The van der Waals surface area contributed by atoms with Crippen LogP contribution in [0, 0.1) is 11.2 Å². The fourth-order valence-corrected chi connectivity index (χ4v) is 2.50. The van der Waals surface area contributed by atoms with Crippen molar-refractivity contribution in [3.63, 3.8) is 0 Å². The maximum absolute atomic E-state index is 13.0. The molecule has 0 unspecified atom stereocenters. The molecule has 1 saturated heterocycles. The van der Waals surface area contributed by atoms with Gasteiger partial charge in [-0.1, -0.05) is 32.9 Å². The zero-order chi connectivity index (χ0) is 14.9. The van der Waals surface area contributed by atoms with Crippen LogP contribution in [0.15, 0.2) is 24.3 Å². The second-order valence-electron chi connectivity index (χ2n) is 6.57. The minimum Gasteiger partial charge on any atom is -0.336 e. The summed E-state index contributed by atoms with van der Waals surface area (Å²) in [7, 11) is 0. The molecule has 0 aromatic heterocycles. The summed E-state index contributed by atoms with van der Waals surface area (Å²) in [5.41, 5.74) is 0.642. The van der Waals surface area contributed by atoms with Crippen LogP contribution in [0.25, 0.3) is 0 Å². The molecule has 1 aliphatic heterocycles. The molecular formula is C16H23FN2OPd. The van der Waals surface area contributed by atoms with Crippen molar-refractivity contribution < 1.29 is 29.6 Å². The Labute approximate surface area is 139 Å². The number of benzene rings is 1. The van der Waals surface area contributed by atoms with E-state index in [0.29, 0.717) is 6.54 Å². The molecule has 5 heteroatoms. The first-order valence-electron chi connectivity index (χ1n) is 7.09. The molecule has 1 aromatic rings. The van der Waals surface area contributed by atoms with Crippen molar-refractivity contribution in [1.29, 1.82) is 0 Å². The molecule has 1 N–H and O–H groups in total. The average molecular weight is 385 g/mol. The second-order valence-corrected chi connectivity index (χ2v) is 6.57. The van der Waals surface area contributed by atoms with E-state index in [4.69, 9.17) is 0 Å². The zero-order valence-corrected chi connectivity index (χ0v) is 14.5. The minimum atomic E-state index is -0.376. The molecule has 0 spiro atoms. The standard InChI is InChI=1S/C16H23FN2O.Pd/c1-11-9-18-14(12-5-7-13(17)8-6-12)10-19(11)15(20)16(2,3)4;/h5-8,11,14,18H,9-10H2,1-4H3;/t11-,14-;/m1./s1. The number of carbonyl (C=O) groups excluding carboxylic acids is 1. The van der Waals surface area contributed by atoms with Crippen LogP contribution in [-0.2, 0) is 25.2 Å². The summed E-state index contributed by atoms with van der Waals surface area (Å²) in [6.07, 6.45) is 0. The van der Waals surface area contributed by atoms with E-state index in [9.17, 15) is 9.18 Å². The van der Waals surface area contributed by atoms with Crippen LogP contribution < -0.4 is 5.32 Å². The number of carbonyl (C=O) groups is 1. The largest absolute Gasteiger partial charge is 0.336 e. The quantitative estimate of drug-likeness (QED) is 0.755. The SMILES string of the molecule is C[C@@H]1CN[C@@H](c2ccc(F)cc2)CN1C(=O)C(C)(C)C.[Pd]. The number of amides is 1. The average Bonchev–Trinajstić information content (AvgIpc) is 2.38. The first-order valence-corrected chi connectivity index (χ1v) is 7.09. The first kappa shape index (κ1) is 18.3. The van der Waals surface area contributed by atoms with Gasteiger partial charge in [0.2, 0.25) is 5.91 Å². The zero-order valence-electron chi connectivity index (χ0n) is 12.9. The number of hydrogen-bond acceptors (Lipinski definition) is 2. The monoisotopic (exact) mass is 384 g/mol. The van der Waals surface area contributed by atoms with E-state index in [1.807, 2.05) is 25.7 Å². The van der Waals surface area contributed by atoms with E-state index in [1.165, 1.54) is 12.1 Å². The van der Waals surface area contributed by atoms with Gasteiger partial charge in [0.1, 0.15) is 5.82 Å². The normalized spacial score (nSPS) is 22.6. The van der Waals surface area contributed by atoms with Crippen LogP contribution in [0.5, 0.6) is 0 Å². The predicted molar refractivity (Wildman–Crippen MR) is 77.8 cm³/mol. The molecule has 1 heterocycles. The maximum atomic E-state index is 13.0. The molecule has 0 aliphatic carbocycles. The van der Waals surface area contributed by atoms with Gasteiger partial charge in [-0.25, -0.2) is 4.39 Å². The summed E-state index contributed by atoms with van der Waals surface area (Å²) in [5, 5.41) is 3.42. The Morgan fingerprint density at radius 3 is 2.38 bits per heavy atom. The Morgan fingerprint density at radius 1 is 1.29 bits per heavy atom. The van der Waals surface area contributed by atoms with Crippen LogP contribution in [-0.4, -0.2) is 29.9 Å². The van der Waals surface area contributed by atoms with E-state index in [2.05, 4.69) is 12.2 Å². The van der Waals surface area contributed by atoms with Crippen molar-refractivity contribution in [2.45, 2.75) is 39.8 Å². The van der Waals surface area contributed by atoms with Crippen molar-refractivity contribution in [1.82, 2.24) is 10.2 Å². The molecule has 21 heavy (non-hydrogen) atoms. The van der Waals surface area contributed by atoms with Gasteiger partial charge in [-0.15, -0.1) is 0 Å². The maximum Gasteiger partial charge on any atom is 0.228 e. The van der Waals surface area contributed by atoms with E-state index in [-0.39, 0.29) is 49.6 Å². The summed E-state index contributed by atoms with van der Waals surface area (Å²) in [6.45, 7) is 9.26. The van der Waals surface area contributed by atoms with Crippen LogP contribution in [0.3, 0.4) is 0 Å². The third-order valence-corrected chi connectivity index (χ3v) is 3.75. The van der Waals surface area contributed by atoms with Gasteiger partial charge in [0.25, 0.3) is 0 Å². The fourth-order valence-electron chi connectivity index (χ4n) is 2.50. The number of nitrogens with zero attached hydrogens (tertiary/aromatic N) is 1. The van der Waals surface area contributed by atoms with E-state index < -0.39 is 0 Å². The third kappa shape index (κ3) is 4.36. The summed E-state index contributed by atoms with van der Waals surface area (Å²) in [4.78, 5) is 14.4. The van der Waals surface area contributed by atoms with Gasteiger partial charge < -0.3 is 10.2 Å². The number of hydrogen-bond donors (Lipinski definition) is 1. The number of rotatable bonds is 1. The molecule has 2 atom stereocenters. The van der Waals surface area contributed by atoms with Crippen molar-refractivity contribution in [2.24, 2.45) is 5.41 Å². The van der Waals surface area contributed by atoms with Crippen molar-refractivity contribution in [3.8, 4) is 0 Å². The smallest absolute Gasteiger partial charge is 0.228 e. The molecule has 1 amide bonds. The van der Waals surface area contributed by atoms with Gasteiger partial charge in [-0.3, -0.25) is 4.79 Å². The Hall–Kier alpha value is -0.758. The van der Waals surface area contributed by atoms with E-state index >= 15 is 0 Å². The Bertz CT molecular complexity index is 484. The molecule has 1 fully saturated rings. The van der Waals surface area contributed by atoms with E-state index in [1.54, 1.807) is 12.1 Å². The second kappa shape index (κ2) is 7.00. The summed E-state index contributed by atoms with van der Waals surface area (Å²) in [6, 6.07) is 6.73. The molecule has 2 rings (SSSR count). The summed E-state index contributed by atoms with van der Waals surface area (Å²) in [5.74, 6) is -0.0702. The number of piperazine rings is 1. The first-order chi connectivity index (χ1) is 9.29. The molecule has 120 valence electrons. The minimum absolute atomic E-state index is 0. The topological polar surface area (TPSA) is 32.3 Å². The Kier molecular flexibility index (Phi) is 6.10. The van der Waals surface area contributed by atoms with Gasteiger partial charge in [-0.2, -0.15) is 0 Å². The van der Waals surface area contributed by atoms with Crippen LogP contribution in [0.2, 0.25) is 0 Å². The van der Waals surface area contributed by atoms with Gasteiger partial charge in [0, 0.05) is 51.0 Å². The van der Waals surface area contributed by atoms with Gasteiger partial charge in [0.05, 0.1) is 0 Å². The third-order valence-electron chi connectivity index (χ3n) is 3.75. The van der Waals surface area contributed by atoms with Gasteiger partial charge in [-0.05, 0) is 24.6 Å². The molecule has 0 saturated carbocycles.